The Hall–Kier alpha value is -1.34. The van der Waals surface area contributed by atoms with Crippen LogP contribution in [-0.4, -0.2) is 38.9 Å². The highest BCUT2D eigenvalue weighted by Crippen LogP contribution is 2.33. The first kappa shape index (κ1) is 20.7. The number of alkyl halides is 3. The predicted molar refractivity (Wildman–Crippen MR) is 84.2 cm³/mol. The summed E-state index contributed by atoms with van der Waals surface area (Å²) in [7, 11) is -2.20. The van der Waals surface area contributed by atoms with Crippen molar-refractivity contribution in [3.63, 3.8) is 0 Å². The second kappa shape index (κ2) is 7.70. The third kappa shape index (κ3) is 4.19. The van der Waals surface area contributed by atoms with Gasteiger partial charge in [-0.1, -0.05) is 0 Å². The van der Waals surface area contributed by atoms with Gasteiger partial charge in [0.25, 0.3) is 0 Å². The van der Waals surface area contributed by atoms with E-state index in [-0.39, 0.29) is 29.9 Å². The summed E-state index contributed by atoms with van der Waals surface area (Å²) in [5.41, 5.74) is -1.83. The van der Waals surface area contributed by atoms with Crippen LogP contribution in [-0.2, 0) is 16.2 Å². The third-order valence-corrected chi connectivity index (χ3v) is 5.71. The molecule has 1 heterocycles. The van der Waals surface area contributed by atoms with E-state index in [1.807, 2.05) is 0 Å². The Balaban J connectivity index is 0.00000288. The van der Waals surface area contributed by atoms with Crippen LogP contribution in [0.4, 0.5) is 13.2 Å². The molecular weight excluding hydrogens is 367 g/mol. The minimum atomic E-state index is -4.70. The average Bonchev–Trinajstić information content (AvgIpc) is 2.53. The molecule has 0 saturated carbocycles. The van der Waals surface area contributed by atoms with Crippen molar-refractivity contribution >= 4 is 22.4 Å². The Morgan fingerprint density at radius 3 is 2.58 bits per heavy atom. The molecule has 1 aliphatic rings. The molecule has 0 aliphatic carbocycles. The Bertz CT molecular complexity index is 732. The standard InChI is InChI=1S/C14H16F3N3O2S.ClH/c1-19-11-3-2-6-20(9-11)23(21,22)12-4-5-13(14(15,16)17)10(7-12)8-18;/h4-5,7,11,19H,2-3,6,9H2,1H3;1H. The van der Waals surface area contributed by atoms with Gasteiger partial charge in [0.2, 0.25) is 10.0 Å². The minimum absolute atomic E-state index is 0. The van der Waals surface area contributed by atoms with E-state index in [0.29, 0.717) is 19.0 Å². The summed E-state index contributed by atoms with van der Waals surface area (Å²) < 4.78 is 64.8. The molecule has 1 aliphatic heterocycles. The van der Waals surface area contributed by atoms with Gasteiger partial charge in [-0.25, -0.2) is 8.42 Å². The second-order valence-electron chi connectivity index (χ2n) is 5.31. The van der Waals surface area contributed by atoms with Gasteiger partial charge < -0.3 is 5.32 Å². The molecule has 5 nitrogen and oxygen atoms in total. The molecule has 24 heavy (non-hydrogen) atoms. The second-order valence-corrected chi connectivity index (χ2v) is 7.25. The number of rotatable bonds is 3. The SMILES string of the molecule is CNC1CCCN(S(=O)(=O)c2ccc(C(F)(F)F)c(C#N)c2)C1.Cl. The van der Waals surface area contributed by atoms with E-state index in [2.05, 4.69) is 5.32 Å². The largest absolute Gasteiger partial charge is 0.417 e. The van der Waals surface area contributed by atoms with Gasteiger partial charge in [-0.15, -0.1) is 12.4 Å². The summed E-state index contributed by atoms with van der Waals surface area (Å²) in [4.78, 5) is -0.293. The van der Waals surface area contributed by atoms with Crippen LogP contribution >= 0.6 is 12.4 Å². The van der Waals surface area contributed by atoms with E-state index in [9.17, 15) is 21.6 Å². The van der Waals surface area contributed by atoms with Crippen LogP contribution in [0.2, 0.25) is 0 Å². The molecule has 1 N–H and O–H groups in total. The van der Waals surface area contributed by atoms with E-state index in [1.54, 1.807) is 7.05 Å². The molecule has 0 radical (unpaired) electrons. The van der Waals surface area contributed by atoms with Crippen LogP contribution in [0.1, 0.15) is 24.0 Å². The highest BCUT2D eigenvalue weighted by atomic mass is 35.5. The summed E-state index contributed by atoms with van der Waals surface area (Å²) >= 11 is 0. The lowest BCUT2D eigenvalue weighted by Crippen LogP contribution is -2.46. The number of nitrogens with one attached hydrogen (secondary N) is 1. The Morgan fingerprint density at radius 1 is 1.38 bits per heavy atom. The van der Waals surface area contributed by atoms with Crippen LogP contribution < -0.4 is 5.32 Å². The molecule has 0 aromatic heterocycles. The van der Waals surface area contributed by atoms with Crippen molar-refractivity contribution in [3.8, 4) is 6.07 Å². The Morgan fingerprint density at radius 2 is 2.04 bits per heavy atom. The summed E-state index contributed by atoms with van der Waals surface area (Å²) in [6.07, 6.45) is -3.20. The number of likely N-dealkylation sites (N-methyl/N-ethyl adjacent to an activating group) is 1. The number of nitrogens with zero attached hydrogens (tertiary/aromatic N) is 2. The molecule has 134 valence electrons. The third-order valence-electron chi connectivity index (χ3n) is 3.85. The van der Waals surface area contributed by atoms with Crippen molar-refractivity contribution in [1.29, 1.82) is 5.26 Å². The zero-order chi connectivity index (χ0) is 17.3. The van der Waals surface area contributed by atoms with Gasteiger partial charge in [0, 0.05) is 19.1 Å². The van der Waals surface area contributed by atoms with E-state index < -0.39 is 27.3 Å². The summed E-state index contributed by atoms with van der Waals surface area (Å²) in [6.45, 7) is 0.561. The molecule has 2 rings (SSSR count). The average molecular weight is 384 g/mol. The first-order valence-electron chi connectivity index (χ1n) is 6.99. The fourth-order valence-electron chi connectivity index (χ4n) is 2.57. The van der Waals surface area contributed by atoms with E-state index in [0.717, 1.165) is 18.6 Å². The van der Waals surface area contributed by atoms with Crippen molar-refractivity contribution in [2.24, 2.45) is 0 Å². The van der Waals surface area contributed by atoms with Gasteiger partial charge in [0.15, 0.2) is 0 Å². The molecule has 0 amide bonds. The molecule has 1 unspecified atom stereocenters. The highest BCUT2D eigenvalue weighted by molar-refractivity contribution is 7.89. The van der Waals surface area contributed by atoms with Gasteiger partial charge in [0.05, 0.1) is 22.1 Å². The van der Waals surface area contributed by atoms with Crippen molar-refractivity contribution < 1.29 is 21.6 Å². The molecule has 1 saturated heterocycles. The maximum atomic E-state index is 12.8. The van der Waals surface area contributed by atoms with E-state index in [4.69, 9.17) is 5.26 Å². The van der Waals surface area contributed by atoms with Crippen LogP contribution in [0.5, 0.6) is 0 Å². The number of sulfonamides is 1. The van der Waals surface area contributed by atoms with E-state index in [1.165, 1.54) is 10.4 Å². The number of hydrogen-bond donors (Lipinski definition) is 1. The fraction of sp³-hybridized carbons (Fsp3) is 0.500. The molecule has 10 heteroatoms. The molecule has 0 bridgehead atoms. The molecule has 1 aromatic carbocycles. The molecule has 1 atom stereocenters. The van der Waals surface area contributed by atoms with Crippen LogP contribution in [0, 0.1) is 11.3 Å². The van der Waals surface area contributed by atoms with Gasteiger partial charge in [-0.3, -0.25) is 0 Å². The monoisotopic (exact) mass is 383 g/mol. The quantitative estimate of drug-likeness (QED) is 0.869. The number of halogens is 4. The molecule has 1 aromatic rings. The Labute approximate surface area is 144 Å². The predicted octanol–water partition coefficient (Wildman–Crippen LogP) is 2.37. The number of benzene rings is 1. The Kier molecular flexibility index (Phi) is 6.64. The minimum Gasteiger partial charge on any atom is -0.316 e. The lowest BCUT2D eigenvalue weighted by molar-refractivity contribution is -0.137. The lowest BCUT2D eigenvalue weighted by atomic mass is 10.1. The normalized spacial score (nSPS) is 19.4. The van der Waals surface area contributed by atoms with Gasteiger partial charge >= 0.3 is 6.18 Å². The highest BCUT2D eigenvalue weighted by Gasteiger charge is 2.35. The van der Waals surface area contributed by atoms with Crippen LogP contribution in [0.15, 0.2) is 23.1 Å². The first-order valence-corrected chi connectivity index (χ1v) is 8.43. The first-order chi connectivity index (χ1) is 10.7. The molecule has 0 spiro atoms. The summed E-state index contributed by atoms with van der Waals surface area (Å²) in [6, 6.07) is 3.77. The lowest BCUT2D eigenvalue weighted by Gasteiger charge is -2.31. The van der Waals surface area contributed by atoms with Crippen LogP contribution in [0.3, 0.4) is 0 Å². The number of hydrogen-bond acceptors (Lipinski definition) is 4. The van der Waals surface area contributed by atoms with Gasteiger partial charge in [-0.05, 0) is 38.1 Å². The zero-order valence-electron chi connectivity index (χ0n) is 12.8. The van der Waals surface area contributed by atoms with Gasteiger partial charge in [0.1, 0.15) is 0 Å². The van der Waals surface area contributed by atoms with Crippen LogP contribution in [0.25, 0.3) is 0 Å². The fourth-order valence-corrected chi connectivity index (χ4v) is 4.12. The maximum absolute atomic E-state index is 12.8. The van der Waals surface area contributed by atoms with Crippen molar-refractivity contribution in [3.05, 3.63) is 29.3 Å². The van der Waals surface area contributed by atoms with Gasteiger partial charge in [-0.2, -0.15) is 22.7 Å². The van der Waals surface area contributed by atoms with Crippen molar-refractivity contribution in [1.82, 2.24) is 9.62 Å². The zero-order valence-corrected chi connectivity index (χ0v) is 14.4. The number of nitriles is 1. The topological polar surface area (TPSA) is 73.2 Å². The molecule has 1 fully saturated rings. The van der Waals surface area contributed by atoms with Crippen molar-refractivity contribution in [2.45, 2.75) is 30.0 Å². The smallest absolute Gasteiger partial charge is 0.316 e. The van der Waals surface area contributed by atoms with Crippen molar-refractivity contribution in [2.75, 3.05) is 20.1 Å². The summed E-state index contributed by atoms with van der Waals surface area (Å²) in [5, 5.41) is 11.9. The molecular formula is C14H17ClF3N3O2S. The summed E-state index contributed by atoms with van der Waals surface area (Å²) in [5.74, 6) is 0. The number of piperidine rings is 1. The maximum Gasteiger partial charge on any atom is 0.417 e. The van der Waals surface area contributed by atoms with E-state index >= 15 is 0 Å².